The number of benzene rings is 1. The van der Waals surface area contributed by atoms with E-state index in [2.05, 4.69) is 4.99 Å². The quantitative estimate of drug-likeness (QED) is 0.523. The summed E-state index contributed by atoms with van der Waals surface area (Å²) in [7, 11) is 1.61. The summed E-state index contributed by atoms with van der Waals surface area (Å²) in [5.41, 5.74) is 12.2. The average Bonchev–Trinajstić information content (AvgIpc) is 2.08. The van der Waals surface area contributed by atoms with E-state index in [1.54, 1.807) is 7.11 Å². The Morgan fingerprint density at radius 2 is 2.08 bits per heavy atom. The summed E-state index contributed by atoms with van der Waals surface area (Å²) < 4.78 is 5.12. The van der Waals surface area contributed by atoms with Gasteiger partial charge in [-0.15, -0.1) is 0 Å². The molecule has 0 aliphatic heterocycles. The van der Waals surface area contributed by atoms with Gasteiger partial charge >= 0.3 is 0 Å². The van der Waals surface area contributed by atoms with E-state index in [-0.39, 0.29) is 5.96 Å². The van der Waals surface area contributed by atoms with Crippen molar-refractivity contribution in [3.8, 4) is 5.75 Å². The lowest BCUT2D eigenvalue weighted by molar-refractivity contribution is 0.412. The van der Waals surface area contributed by atoms with Gasteiger partial charge in [0.15, 0.2) is 5.96 Å². The standard InChI is InChI=1S/C9H13N3O/c1-6-7(12-9(10)11)4-3-5-8(6)13-2/h3-5H,1-2H3,(H4,10,11,12). The molecule has 0 unspecified atom stereocenters. The summed E-state index contributed by atoms with van der Waals surface area (Å²) in [5, 5.41) is 0. The van der Waals surface area contributed by atoms with Crippen LogP contribution >= 0.6 is 0 Å². The van der Waals surface area contributed by atoms with Gasteiger partial charge in [0.25, 0.3) is 0 Å². The summed E-state index contributed by atoms with van der Waals surface area (Å²) in [6, 6.07) is 5.53. The molecule has 4 N–H and O–H groups in total. The molecule has 70 valence electrons. The number of nitrogens with zero attached hydrogens (tertiary/aromatic N) is 1. The number of hydrogen-bond acceptors (Lipinski definition) is 2. The van der Waals surface area contributed by atoms with Gasteiger partial charge in [0.05, 0.1) is 12.8 Å². The first-order valence-corrected chi connectivity index (χ1v) is 3.88. The summed E-state index contributed by atoms with van der Waals surface area (Å²) in [6.07, 6.45) is 0. The fourth-order valence-electron chi connectivity index (χ4n) is 1.08. The van der Waals surface area contributed by atoms with Crippen LogP contribution in [0.5, 0.6) is 5.75 Å². The van der Waals surface area contributed by atoms with Gasteiger partial charge in [-0.05, 0) is 19.1 Å². The molecule has 0 spiro atoms. The Labute approximate surface area is 77.2 Å². The van der Waals surface area contributed by atoms with E-state index in [1.807, 2.05) is 25.1 Å². The van der Waals surface area contributed by atoms with Crippen LogP contribution in [0.1, 0.15) is 5.56 Å². The zero-order chi connectivity index (χ0) is 9.84. The highest BCUT2D eigenvalue weighted by Crippen LogP contribution is 2.26. The first kappa shape index (κ1) is 9.38. The van der Waals surface area contributed by atoms with Crippen LogP contribution in [0.2, 0.25) is 0 Å². The third-order valence-corrected chi connectivity index (χ3v) is 1.72. The molecule has 0 bridgehead atoms. The summed E-state index contributed by atoms with van der Waals surface area (Å²) in [6.45, 7) is 1.90. The van der Waals surface area contributed by atoms with Crippen LogP contribution in [-0.2, 0) is 0 Å². The minimum atomic E-state index is 0.0522. The molecular weight excluding hydrogens is 166 g/mol. The van der Waals surface area contributed by atoms with Crippen molar-refractivity contribution in [1.82, 2.24) is 0 Å². The van der Waals surface area contributed by atoms with Crippen molar-refractivity contribution < 1.29 is 4.74 Å². The molecule has 0 aromatic heterocycles. The molecule has 0 radical (unpaired) electrons. The van der Waals surface area contributed by atoms with Crippen molar-refractivity contribution >= 4 is 11.6 Å². The second-order valence-electron chi connectivity index (χ2n) is 2.64. The molecule has 0 fully saturated rings. The van der Waals surface area contributed by atoms with Gasteiger partial charge in [0, 0.05) is 5.56 Å². The Morgan fingerprint density at radius 1 is 1.38 bits per heavy atom. The minimum absolute atomic E-state index is 0.0522. The molecule has 1 aromatic rings. The summed E-state index contributed by atoms with van der Waals surface area (Å²) in [5.74, 6) is 0.832. The topological polar surface area (TPSA) is 73.6 Å². The van der Waals surface area contributed by atoms with Crippen LogP contribution in [0.4, 0.5) is 5.69 Å². The molecule has 1 aromatic carbocycles. The fraction of sp³-hybridized carbons (Fsp3) is 0.222. The maximum absolute atomic E-state index is 5.27. The van der Waals surface area contributed by atoms with E-state index in [4.69, 9.17) is 16.2 Å². The van der Waals surface area contributed by atoms with Gasteiger partial charge in [0.1, 0.15) is 5.75 Å². The van der Waals surface area contributed by atoms with Crippen molar-refractivity contribution in [3.63, 3.8) is 0 Å². The first-order chi connectivity index (χ1) is 6.15. The number of ether oxygens (including phenoxy) is 1. The highest BCUT2D eigenvalue weighted by molar-refractivity contribution is 5.79. The number of methoxy groups -OCH3 is 1. The number of nitrogens with two attached hydrogens (primary N) is 2. The molecule has 0 aliphatic rings. The minimum Gasteiger partial charge on any atom is -0.496 e. The van der Waals surface area contributed by atoms with Crippen LogP contribution in [0.3, 0.4) is 0 Å². The maximum atomic E-state index is 5.27. The Kier molecular flexibility index (Phi) is 2.74. The SMILES string of the molecule is COc1cccc(N=C(N)N)c1C. The van der Waals surface area contributed by atoms with Crippen molar-refractivity contribution in [2.24, 2.45) is 16.5 Å². The molecule has 0 heterocycles. The van der Waals surface area contributed by atoms with Crippen molar-refractivity contribution in [2.75, 3.05) is 7.11 Å². The monoisotopic (exact) mass is 179 g/mol. The first-order valence-electron chi connectivity index (χ1n) is 3.88. The second kappa shape index (κ2) is 3.80. The molecule has 0 atom stereocenters. The van der Waals surface area contributed by atoms with E-state index in [0.29, 0.717) is 0 Å². The number of guanidine groups is 1. The molecule has 0 saturated heterocycles. The molecule has 4 heteroatoms. The largest absolute Gasteiger partial charge is 0.496 e. The Hall–Kier alpha value is -1.71. The van der Waals surface area contributed by atoms with Gasteiger partial charge in [-0.1, -0.05) is 6.07 Å². The lowest BCUT2D eigenvalue weighted by Crippen LogP contribution is -2.22. The lowest BCUT2D eigenvalue weighted by Gasteiger charge is -2.06. The normalized spacial score (nSPS) is 9.38. The molecule has 0 aliphatic carbocycles. The number of rotatable bonds is 2. The third-order valence-electron chi connectivity index (χ3n) is 1.72. The maximum Gasteiger partial charge on any atom is 0.191 e. The van der Waals surface area contributed by atoms with Crippen LogP contribution in [0.15, 0.2) is 23.2 Å². The van der Waals surface area contributed by atoms with E-state index < -0.39 is 0 Å². The fourth-order valence-corrected chi connectivity index (χ4v) is 1.08. The van der Waals surface area contributed by atoms with Gasteiger partial charge < -0.3 is 16.2 Å². The van der Waals surface area contributed by atoms with Crippen LogP contribution in [0.25, 0.3) is 0 Å². The molecule has 1 rings (SSSR count). The van der Waals surface area contributed by atoms with E-state index >= 15 is 0 Å². The summed E-state index contributed by atoms with van der Waals surface area (Å²) >= 11 is 0. The highest BCUT2D eigenvalue weighted by Gasteiger charge is 2.02. The van der Waals surface area contributed by atoms with E-state index in [1.165, 1.54) is 0 Å². The van der Waals surface area contributed by atoms with Gasteiger partial charge in [-0.2, -0.15) is 0 Å². The second-order valence-corrected chi connectivity index (χ2v) is 2.64. The zero-order valence-corrected chi connectivity index (χ0v) is 7.74. The molecular formula is C9H13N3O. The van der Waals surface area contributed by atoms with Crippen LogP contribution in [0, 0.1) is 6.92 Å². The highest BCUT2D eigenvalue weighted by atomic mass is 16.5. The van der Waals surface area contributed by atoms with E-state index in [0.717, 1.165) is 17.0 Å². The van der Waals surface area contributed by atoms with Crippen LogP contribution in [-0.4, -0.2) is 13.1 Å². The zero-order valence-electron chi connectivity index (χ0n) is 7.74. The average molecular weight is 179 g/mol. The van der Waals surface area contributed by atoms with Crippen LogP contribution < -0.4 is 16.2 Å². The predicted octanol–water partition coefficient (Wildman–Crippen LogP) is 0.909. The molecule has 13 heavy (non-hydrogen) atoms. The summed E-state index contributed by atoms with van der Waals surface area (Å²) in [4.78, 5) is 3.96. The molecule has 0 saturated carbocycles. The predicted molar refractivity (Wildman–Crippen MR) is 53.2 cm³/mol. The Balaban J connectivity index is 3.16. The Morgan fingerprint density at radius 3 is 2.62 bits per heavy atom. The number of aliphatic imine (C=N–C) groups is 1. The van der Waals surface area contributed by atoms with Crippen molar-refractivity contribution in [2.45, 2.75) is 6.92 Å². The smallest absolute Gasteiger partial charge is 0.191 e. The lowest BCUT2D eigenvalue weighted by atomic mass is 10.2. The Bertz CT molecular complexity index is 330. The van der Waals surface area contributed by atoms with Crippen molar-refractivity contribution in [3.05, 3.63) is 23.8 Å². The van der Waals surface area contributed by atoms with Gasteiger partial charge in [-0.3, -0.25) is 0 Å². The third kappa shape index (κ3) is 2.11. The molecule has 0 amide bonds. The van der Waals surface area contributed by atoms with E-state index in [9.17, 15) is 0 Å². The molecule has 4 nitrogen and oxygen atoms in total. The van der Waals surface area contributed by atoms with Gasteiger partial charge in [0.2, 0.25) is 0 Å². The van der Waals surface area contributed by atoms with Crippen molar-refractivity contribution in [1.29, 1.82) is 0 Å². The number of hydrogen-bond donors (Lipinski definition) is 2. The van der Waals surface area contributed by atoms with Gasteiger partial charge in [-0.25, -0.2) is 4.99 Å².